The molecule has 0 aromatic heterocycles. The number of likely N-dealkylation sites (N-methyl/N-ethyl adjacent to an activating group) is 1. The molecule has 0 aliphatic heterocycles. The van der Waals surface area contributed by atoms with Crippen molar-refractivity contribution < 1.29 is 18.3 Å². The van der Waals surface area contributed by atoms with E-state index < -0.39 is 15.9 Å². The van der Waals surface area contributed by atoms with Crippen molar-refractivity contribution in [3.63, 3.8) is 0 Å². The SMILES string of the molecule is CN(CC(=O)NCCO)S(C)(=O)=O. The van der Waals surface area contributed by atoms with E-state index >= 15 is 0 Å². The highest BCUT2D eigenvalue weighted by Crippen LogP contribution is 1.90. The lowest BCUT2D eigenvalue weighted by molar-refractivity contribution is -0.121. The number of aliphatic hydroxyl groups excluding tert-OH is 1. The van der Waals surface area contributed by atoms with Crippen molar-refractivity contribution >= 4 is 15.9 Å². The molecule has 0 radical (unpaired) electrons. The molecule has 0 rings (SSSR count). The van der Waals surface area contributed by atoms with Gasteiger partial charge in [-0.2, -0.15) is 4.31 Å². The molecular formula is C6H14N2O4S. The Bertz CT molecular complexity index is 262. The van der Waals surface area contributed by atoms with Crippen LogP contribution in [-0.2, 0) is 14.8 Å². The molecule has 0 saturated heterocycles. The first-order valence-electron chi connectivity index (χ1n) is 3.67. The number of carbonyl (C=O) groups excluding carboxylic acids is 1. The standard InChI is InChI=1S/C6H14N2O4S/c1-8(13(2,11)12)5-6(10)7-3-4-9/h9H,3-5H2,1-2H3,(H,7,10). The number of amides is 1. The number of aliphatic hydroxyl groups is 1. The number of hydrogen-bond acceptors (Lipinski definition) is 4. The molecule has 0 saturated carbocycles. The van der Waals surface area contributed by atoms with Gasteiger partial charge >= 0.3 is 0 Å². The minimum absolute atomic E-state index is 0.135. The fourth-order valence-electron chi connectivity index (χ4n) is 0.571. The number of hydrogen-bond donors (Lipinski definition) is 2. The van der Waals surface area contributed by atoms with Crippen LogP contribution >= 0.6 is 0 Å². The van der Waals surface area contributed by atoms with Gasteiger partial charge in [-0.25, -0.2) is 8.42 Å². The first-order valence-corrected chi connectivity index (χ1v) is 5.51. The Balaban J connectivity index is 3.93. The molecular weight excluding hydrogens is 196 g/mol. The van der Waals surface area contributed by atoms with Gasteiger partial charge in [0.25, 0.3) is 0 Å². The quantitative estimate of drug-likeness (QED) is 0.549. The molecule has 0 unspecified atom stereocenters. The third-order valence-corrected chi connectivity index (χ3v) is 2.63. The van der Waals surface area contributed by atoms with Gasteiger partial charge in [0, 0.05) is 13.6 Å². The van der Waals surface area contributed by atoms with E-state index in [1.807, 2.05) is 0 Å². The molecule has 0 aliphatic carbocycles. The van der Waals surface area contributed by atoms with Crippen LogP contribution in [0.3, 0.4) is 0 Å². The van der Waals surface area contributed by atoms with Crippen LogP contribution in [0.2, 0.25) is 0 Å². The molecule has 0 bridgehead atoms. The first-order chi connectivity index (χ1) is 5.88. The minimum Gasteiger partial charge on any atom is -0.395 e. The van der Waals surface area contributed by atoms with Crippen molar-refractivity contribution in [2.24, 2.45) is 0 Å². The predicted octanol–water partition coefficient (Wildman–Crippen LogP) is -2.01. The summed E-state index contributed by atoms with van der Waals surface area (Å²) in [6, 6.07) is 0. The topological polar surface area (TPSA) is 86.7 Å². The van der Waals surface area contributed by atoms with Gasteiger partial charge in [0.05, 0.1) is 19.4 Å². The number of sulfonamides is 1. The summed E-state index contributed by atoms with van der Waals surface area (Å²) in [4.78, 5) is 10.9. The van der Waals surface area contributed by atoms with Crippen LogP contribution in [-0.4, -0.2) is 56.7 Å². The van der Waals surface area contributed by atoms with E-state index in [9.17, 15) is 13.2 Å². The van der Waals surface area contributed by atoms with Gasteiger partial charge in [0.2, 0.25) is 15.9 Å². The van der Waals surface area contributed by atoms with E-state index in [-0.39, 0.29) is 19.7 Å². The average molecular weight is 210 g/mol. The Morgan fingerprint density at radius 2 is 2.08 bits per heavy atom. The van der Waals surface area contributed by atoms with Gasteiger partial charge in [-0.1, -0.05) is 0 Å². The summed E-state index contributed by atoms with van der Waals surface area (Å²) < 4.78 is 22.6. The molecule has 2 N–H and O–H groups in total. The zero-order valence-corrected chi connectivity index (χ0v) is 8.47. The Morgan fingerprint density at radius 1 is 1.54 bits per heavy atom. The van der Waals surface area contributed by atoms with Gasteiger partial charge in [-0.15, -0.1) is 0 Å². The molecule has 0 aliphatic rings. The largest absolute Gasteiger partial charge is 0.395 e. The summed E-state index contributed by atoms with van der Waals surface area (Å²) in [6.07, 6.45) is 1.02. The molecule has 0 fully saturated rings. The van der Waals surface area contributed by atoms with Crippen LogP contribution in [0, 0.1) is 0 Å². The molecule has 6 nitrogen and oxygen atoms in total. The Labute approximate surface area is 77.6 Å². The normalized spacial score (nSPS) is 11.7. The summed E-state index contributed by atoms with van der Waals surface area (Å²) in [6.45, 7) is -0.246. The van der Waals surface area contributed by atoms with Gasteiger partial charge in [-0.05, 0) is 0 Å². The summed E-state index contributed by atoms with van der Waals surface area (Å²) >= 11 is 0. The molecule has 78 valence electrons. The van der Waals surface area contributed by atoms with Gasteiger partial charge in [0.15, 0.2) is 0 Å². The number of nitrogens with one attached hydrogen (secondary N) is 1. The lowest BCUT2D eigenvalue weighted by Gasteiger charge is -2.12. The lowest BCUT2D eigenvalue weighted by atomic mass is 10.5. The molecule has 0 spiro atoms. The zero-order chi connectivity index (χ0) is 10.5. The highest BCUT2D eigenvalue weighted by atomic mass is 32.2. The monoisotopic (exact) mass is 210 g/mol. The third-order valence-electron chi connectivity index (χ3n) is 1.37. The van der Waals surface area contributed by atoms with Crippen molar-refractivity contribution in [2.75, 3.05) is 33.0 Å². The number of rotatable bonds is 5. The smallest absolute Gasteiger partial charge is 0.235 e. The summed E-state index contributed by atoms with van der Waals surface area (Å²) in [5, 5.41) is 10.7. The van der Waals surface area contributed by atoms with Crippen molar-refractivity contribution in [1.82, 2.24) is 9.62 Å². The summed E-state index contributed by atoms with van der Waals surface area (Å²) in [5.74, 6) is -0.429. The van der Waals surface area contributed by atoms with Crippen molar-refractivity contribution in [3.05, 3.63) is 0 Å². The third kappa shape index (κ3) is 5.56. The van der Waals surface area contributed by atoms with E-state index in [1.165, 1.54) is 7.05 Å². The fourth-order valence-corrected chi connectivity index (χ4v) is 0.922. The van der Waals surface area contributed by atoms with Crippen LogP contribution in [0.5, 0.6) is 0 Å². The molecule has 0 heterocycles. The van der Waals surface area contributed by atoms with Crippen LogP contribution in [0.1, 0.15) is 0 Å². The average Bonchev–Trinajstić information content (AvgIpc) is 1.99. The maximum Gasteiger partial charge on any atom is 0.235 e. The van der Waals surface area contributed by atoms with Crippen molar-refractivity contribution in [3.8, 4) is 0 Å². The van der Waals surface area contributed by atoms with Crippen molar-refractivity contribution in [2.45, 2.75) is 0 Å². The fraction of sp³-hybridized carbons (Fsp3) is 0.833. The Hall–Kier alpha value is -0.660. The predicted molar refractivity (Wildman–Crippen MR) is 47.6 cm³/mol. The summed E-state index contributed by atoms with van der Waals surface area (Å²) in [7, 11) is -2.00. The highest BCUT2D eigenvalue weighted by Gasteiger charge is 2.14. The Kier molecular flexibility index (Phi) is 4.89. The van der Waals surface area contributed by atoms with Gasteiger partial charge in [-0.3, -0.25) is 4.79 Å². The van der Waals surface area contributed by atoms with Crippen molar-refractivity contribution in [1.29, 1.82) is 0 Å². The molecule has 0 atom stereocenters. The molecule has 0 aromatic carbocycles. The zero-order valence-electron chi connectivity index (χ0n) is 7.65. The molecule has 1 amide bonds. The summed E-state index contributed by atoms with van der Waals surface area (Å²) in [5.41, 5.74) is 0. The van der Waals surface area contributed by atoms with E-state index in [4.69, 9.17) is 5.11 Å². The van der Waals surface area contributed by atoms with Gasteiger partial charge in [0.1, 0.15) is 0 Å². The van der Waals surface area contributed by atoms with Crippen LogP contribution in [0.4, 0.5) is 0 Å². The Morgan fingerprint density at radius 3 is 2.46 bits per heavy atom. The molecule has 0 aromatic rings. The second-order valence-electron chi connectivity index (χ2n) is 2.59. The van der Waals surface area contributed by atoms with Crippen LogP contribution in [0.25, 0.3) is 0 Å². The maximum absolute atomic E-state index is 10.9. The number of nitrogens with zero attached hydrogens (tertiary/aromatic N) is 1. The van der Waals surface area contributed by atoms with Gasteiger partial charge < -0.3 is 10.4 Å². The van der Waals surface area contributed by atoms with E-state index in [0.717, 1.165) is 10.6 Å². The van der Waals surface area contributed by atoms with Crippen LogP contribution in [0.15, 0.2) is 0 Å². The minimum atomic E-state index is -3.31. The number of carbonyl (C=O) groups is 1. The lowest BCUT2D eigenvalue weighted by Crippen LogP contribution is -2.38. The second-order valence-corrected chi connectivity index (χ2v) is 4.68. The molecule has 7 heteroatoms. The highest BCUT2D eigenvalue weighted by molar-refractivity contribution is 7.88. The van der Waals surface area contributed by atoms with E-state index in [2.05, 4.69) is 5.32 Å². The second kappa shape index (κ2) is 5.15. The maximum atomic E-state index is 10.9. The molecule has 13 heavy (non-hydrogen) atoms. The van der Waals surface area contributed by atoms with E-state index in [1.54, 1.807) is 0 Å². The van der Waals surface area contributed by atoms with Crippen LogP contribution < -0.4 is 5.32 Å². The van der Waals surface area contributed by atoms with E-state index in [0.29, 0.717) is 0 Å². The first kappa shape index (κ1) is 12.3.